The third-order valence-electron chi connectivity index (χ3n) is 4.17. The van der Waals surface area contributed by atoms with E-state index in [0.29, 0.717) is 16.9 Å². The Morgan fingerprint density at radius 1 is 1.07 bits per heavy atom. The molecule has 144 valence electrons. The van der Waals surface area contributed by atoms with Gasteiger partial charge in [0.2, 0.25) is 6.10 Å². The van der Waals surface area contributed by atoms with Crippen molar-refractivity contribution in [1.29, 1.82) is 0 Å². The molecule has 0 spiro atoms. The lowest BCUT2D eigenvalue weighted by Crippen LogP contribution is -2.29. The van der Waals surface area contributed by atoms with Crippen molar-refractivity contribution in [2.75, 3.05) is 5.32 Å². The largest absolute Gasteiger partial charge is 0.446 e. The molecule has 0 aliphatic carbocycles. The van der Waals surface area contributed by atoms with Crippen molar-refractivity contribution >= 4 is 28.9 Å². The number of carbonyl (C=O) groups excluding carboxylic acids is 2. The number of benzene rings is 2. The van der Waals surface area contributed by atoms with Gasteiger partial charge in [-0.1, -0.05) is 59.4 Å². The molecule has 0 unspecified atom stereocenters. The summed E-state index contributed by atoms with van der Waals surface area (Å²) in [6.07, 6.45) is -1.12. The average Bonchev–Trinajstić information content (AvgIpc) is 3.00. The Balaban J connectivity index is 1.79. The number of thiazole rings is 1. The molecule has 0 bridgehead atoms. The smallest absolute Gasteiger partial charge is 0.327 e. The Morgan fingerprint density at radius 2 is 1.75 bits per heavy atom. The second-order valence-corrected chi connectivity index (χ2v) is 7.19. The minimum atomic E-state index is -1.12. The molecule has 0 saturated heterocycles. The lowest BCUT2D eigenvalue weighted by molar-refractivity contribution is -0.155. The zero-order valence-corrected chi connectivity index (χ0v) is 16.4. The second kappa shape index (κ2) is 8.67. The van der Waals surface area contributed by atoms with Crippen molar-refractivity contribution in [2.45, 2.75) is 26.5 Å². The number of nitrogens with one attached hydrogen (secondary N) is 1. The highest BCUT2D eigenvalue weighted by Crippen LogP contribution is 2.21. The Labute approximate surface area is 166 Å². The highest BCUT2D eigenvalue weighted by atomic mass is 32.1. The number of hydrogen-bond donors (Lipinski definition) is 1. The quantitative estimate of drug-likeness (QED) is 0.648. The fraction of sp³-hybridized carbons (Fsp3) is 0.190. The van der Waals surface area contributed by atoms with Gasteiger partial charge in [0.25, 0.3) is 5.91 Å². The van der Waals surface area contributed by atoms with E-state index in [0.717, 1.165) is 16.9 Å². The van der Waals surface area contributed by atoms with E-state index in [1.807, 2.05) is 25.1 Å². The molecule has 2 aromatic carbocycles. The normalized spacial score (nSPS) is 11.6. The SMILES string of the molecule is Cc1ccc(NC(=O)[C@H](OC(=O)Cn2c(C)csc2=O)c2ccccc2)cc1. The second-order valence-electron chi connectivity index (χ2n) is 6.36. The summed E-state index contributed by atoms with van der Waals surface area (Å²) in [4.78, 5) is 36.8. The molecule has 0 aliphatic rings. The number of nitrogens with zero attached hydrogens (tertiary/aromatic N) is 1. The Kier molecular flexibility index (Phi) is 6.06. The van der Waals surface area contributed by atoms with E-state index in [4.69, 9.17) is 4.74 Å². The van der Waals surface area contributed by atoms with Crippen LogP contribution in [0.15, 0.2) is 64.8 Å². The Hall–Kier alpha value is -3.19. The predicted molar refractivity (Wildman–Crippen MR) is 108 cm³/mol. The van der Waals surface area contributed by atoms with Crippen molar-refractivity contribution < 1.29 is 14.3 Å². The fourth-order valence-corrected chi connectivity index (χ4v) is 3.37. The molecule has 3 rings (SSSR count). The lowest BCUT2D eigenvalue weighted by atomic mass is 10.1. The minimum Gasteiger partial charge on any atom is -0.446 e. The van der Waals surface area contributed by atoms with Gasteiger partial charge in [-0.2, -0.15) is 0 Å². The standard InChI is InChI=1S/C21H20N2O4S/c1-14-8-10-17(11-9-14)22-20(25)19(16-6-4-3-5-7-16)27-18(24)12-23-15(2)13-28-21(23)26/h3-11,13,19H,12H2,1-2H3,(H,22,25)/t19-/m1/s1. The van der Waals surface area contributed by atoms with Crippen LogP contribution < -0.4 is 10.2 Å². The summed E-state index contributed by atoms with van der Waals surface area (Å²) >= 11 is 1.02. The van der Waals surface area contributed by atoms with Crippen LogP contribution in [0.4, 0.5) is 5.69 Å². The molecule has 7 heteroatoms. The number of aromatic nitrogens is 1. The maximum absolute atomic E-state index is 12.8. The summed E-state index contributed by atoms with van der Waals surface area (Å²) in [5.41, 5.74) is 2.90. The molecule has 1 amide bonds. The molecule has 0 radical (unpaired) electrons. The van der Waals surface area contributed by atoms with Gasteiger partial charge in [-0.15, -0.1) is 0 Å². The van der Waals surface area contributed by atoms with Crippen LogP contribution in [0, 0.1) is 13.8 Å². The number of esters is 1. The maximum Gasteiger partial charge on any atom is 0.327 e. The molecule has 1 atom stereocenters. The number of hydrogen-bond acceptors (Lipinski definition) is 5. The summed E-state index contributed by atoms with van der Waals surface area (Å²) in [5, 5.41) is 4.45. The van der Waals surface area contributed by atoms with Gasteiger partial charge in [-0.25, -0.2) is 0 Å². The van der Waals surface area contributed by atoms with Gasteiger partial charge < -0.3 is 10.1 Å². The van der Waals surface area contributed by atoms with Crippen LogP contribution >= 0.6 is 11.3 Å². The van der Waals surface area contributed by atoms with Gasteiger partial charge in [-0.05, 0) is 26.0 Å². The van der Waals surface area contributed by atoms with Crippen LogP contribution in [0.25, 0.3) is 0 Å². The molecule has 6 nitrogen and oxygen atoms in total. The number of anilines is 1. The number of aryl methyl sites for hydroxylation is 2. The van der Waals surface area contributed by atoms with Crippen molar-refractivity contribution in [1.82, 2.24) is 4.57 Å². The zero-order valence-electron chi connectivity index (χ0n) is 15.5. The summed E-state index contributed by atoms with van der Waals surface area (Å²) in [6, 6.07) is 16.1. The first-order valence-electron chi connectivity index (χ1n) is 8.71. The molecule has 1 N–H and O–H groups in total. The van der Waals surface area contributed by atoms with Crippen LogP contribution in [0.2, 0.25) is 0 Å². The van der Waals surface area contributed by atoms with Gasteiger partial charge in [0.15, 0.2) is 0 Å². The number of amides is 1. The fourth-order valence-electron chi connectivity index (χ4n) is 2.64. The molecule has 1 heterocycles. The summed E-state index contributed by atoms with van der Waals surface area (Å²) < 4.78 is 6.80. The highest BCUT2D eigenvalue weighted by Gasteiger charge is 2.25. The molecule has 0 aliphatic heterocycles. The lowest BCUT2D eigenvalue weighted by Gasteiger charge is -2.18. The summed E-state index contributed by atoms with van der Waals surface area (Å²) in [5.74, 6) is -1.12. The topological polar surface area (TPSA) is 77.4 Å². The van der Waals surface area contributed by atoms with Gasteiger partial charge in [0.05, 0.1) is 0 Å². The van der Waals surface area contributed by atoms with Crippen LogP contribution in [-0.2, 0) is 20.9 Å². The van der Waals surface area contributed by atoms with Crippen molar-refractivity contribution in [3.05, 3.63) is 86.5 Å². The van der Waals surface area contributed by atoms with Crippen molar-refractivity contribution in [3.63, 3.8) is 0 Å². The monoisotopic (exact) mass is 396 g/mol. The van der Waals surface area contributed by atoms with Crippen molar-refractivity contribution in [3.8, 4) is 0 Å². The Bertz CT molecular complexity index is 1020. The molecule has 3 aromatic rings. The number of rotatable bonds is 6. The maximum atomic E-state index is 12.8. The molecule has 1 aromatic heterocycles. The van der Waals surface area contributed by atoms with E-state index in [-0.39, 0.29) is 11.4 Å². The third-order valence-corrected chi connectivity index (χ3v) is 5.05. The van der Waals surface area contributed by atoms with Gasteiger partial charge in [0.1, 0.15) is 6.54 Å². The van der Waals surface area contributed by atoms with E-state index >= 15 is 0 Å². The van der Waals surface area contributed by atoms with Crippen LogP contribution in [0.3, 0.4) is 0 Å². The van der Waals surface area contributed by atoms with E-state index in [9.17, 15) is 14.4 Å². The first kappa shape index (κ1) is 19.6. The molecule has 0 saturated carbocycles. The first-order valence-corrected chi connectivity index (χ1v) is 9.59. The Morgan fingerprint density at radius 3 is 2.36 bits per heavy atom. The van der Waals surface area contributed by atoms with Gasteiger partial charge in [0, 0.05) is 22.3 Å². The molecular weight excluding hydrogens is 376 g/mol. The van der Waals surface area contributed by atoms with E-state index in [1.165, 1.54) is 4.57 Å². The minimum absolute atomic E-state index is 0.241. The van der Waals surface area contributed by atoms with Gasteiger partial charge in [-0.3, -0.25) is 19.0 Å². The molecule has 28 heavy (non-hydrogen) atoms. The molecule has 0 fully saturated rings. The van der Waals surface area contributed by atoms with E-state index in [1.54, 1.807) is 48.7 Å². The highest BCUT2D eigenvalue weighted by molar-refractivity contribution is 7.07. The number of carbonyl (C=O) groups is 2. The van der Waals surface area contributed by atoms with Crippen molar-refractivity contribution in [2.24, 2.45) is 0 Å². The third kappa shape index (κ3) is 4.75. The average molecular weight is 396 g/mol. The van der Waals surface area contributed by atoms with E-state index < -0.39 is 18.0 Å². The van der Waals surface area contributed by atoms with E-state index in [2.05, 4.69) is 5.32 Å². The predicted octanol–water partition coefficient (Wildman–Crippen LogP) is 3.45. The first-order chi connectivity index (χ1) is 13.4. The number of ether oxygens (including phenoxy) is 1. The van der Waals surface area contributed by atoms with Crippen LogP contribution in [0.1, 0.15) is 22.9 Å². The molecular formula is C21H20N2O4S. The van der Waals surface area contributed by atoms with Crippen LogP contribution in [0.5, 0.6) is 0 Å². The van der Waals surface area contributed by atoms with Gasteiger partial charge >= 0.3 is 10.8 Å². The van der Waals surface area contributed by atoms with Crippen LogP contribution in [-0.4, -0.2) is 16.4 Å². The zero-order chi connectivity index (χ0) is 20.1. The summed E-state index contributed by atoms with van der Waals surface area (Å²) in [7, 11) is 0. The summed E-state index contributed by atoms with van der Waals surface area (Å²) in [6.45, 7) is 3.45.